The van der Waals surface area contributed by atoms with E-state index < -0.39 is 0 Å². The van der Waals surface area contributed by atoms with Gasteiger partial charge in [-0.25, -0.2) is 0 Å². The molecule has 2 aromatic carbocycles. The van der Waals surface area contributed by atoms with Crippen LogP contribution in [-0.4, -0.2) is 31.7 Å². The van der Waals surface area contributed by atoms with Crippen LogP contribution in [-0.2, 0) is 6.54 Å². The highest BCUT2D eigenvalue weighted by atomic mass is 35.5. The van der Waals surface area contributed by atoms with E-state index in [0.717, 1.165) is 22.6 Å². The molecular weight excluding hydrogens is 341 g/mol. The van der Waals surface area contributed by atoms with Gasteiger partial charge in [-0.05, 0) is 30.3 Å². The second-order valence-electron chi connectivity index (χ2n) is 5.87. The van der Waals surface area contributed by atoms with E-state index in [1.54, 1.807) is 18.2 Å². The minimum Gasteiger partial charge on any atom is -0.486 e. The Hall–Kier alpha value is -0.930. The summed E-state index contributed by atoms with van der Waals surface area (Å²) in [5.41, 5.74) is 1.21. The van der Waals surface area contributed by atoms with E-state index in [-0.39, 0.29) is 0 Å². The molecule has 0 heterocycles. The van der Waals surface area contributed by atoms with Crippen molar-refractivity contribution >= 4 is 34.8 Å². The minimum atomic E-state index is 0.535. The van der Waals surface area contributed by atoms with Crippen molar-refractivity contribution in [1.29, 1.82) is 0 Å². The number of benzene rings is 2. The lowest BCUT2D eigenvalue weighted by molar-refractivity contribution is -0.903. The number of halogens is 3. The summed E-state index contributed by atoms with van der Waals surface area (Å²) < 4.78 is 6.55. The zero-order valence-corrected chi connectivity index (χ0v) is 14.9. The second-order valence-corrected chi connectivity index (χ2v) is 7.15. The summed E-state index contributed by atoms with van der Waals surface area (Å²) in [7, 11) is 4.32. The topological polar surface area (TPSA) is 9.23 Å². The number of ether oxygens (including phenoxy) is 1. The SMILES string of the molecule is C[N+](C)(CCOc1ccc(Cl)cc1Cl)Cc1cccc(Cl)c1. The third-order valence-corrected chi connectivity index (χ3v) is 4.11. The van der Waals surface area contributed by atoms with Crippen LogP contribution in [0.2, 0.25) is 15.1 Å². The number of quaternary nitrogens is 1. The number of hydrogen-bond acceptors (Lipinski definition) is 1. The van der Waals surface area contributed by atoms with Crippen molar-refractivity contribution in [3.8, 4) is 5.75 Å². The van der Waals surface area contributed by atoms with Crippen LogP contribution in [0.15, 0.2) is 42.5 Å². The van der Waals surface area contributed by atoms with Gasteiger partial charge in [0.25, 0.3) is 0 Å². The predicted octanol–water partition coefficient (Wildman–Crippen LogP) is 5.30. The molecule has 22 heavy (non-hydrogen) atoms. The largest absolute Gasteiger partial charge is 0.486 e. The molecule has 0 aromatic heterocycles. The Kier molecular flexibility index (Phi) is 5.99. The lowest BCUT2D eigenvalue weighted by atomic mass is 10.2. The maximum Gasteiger partial charge on any atom is 0.138 e. The maximum absolute atomic E-state index is 6.10. The molecule has 0 radical (unpaired) electrons. The standard InChI is InChI=1S/C17H19Cl3NO/c1-21(2,12-13-4-3-5-14(18)10-13)8-9-22-17-7-6-15(19)11-16(17)20/h3-7,10-11H,8-9,12H2,1-2H3/q+1. The van der Waals surface area contributed by atoms with Gasteiger partial charge in [-0.15, -0.1) is 0 Å². The average molecular weight is 360 g/mol. The molecule has 0 amide bonds. The Labute approximate surface area is 146 Å². The third kappa shape index (κ3) is 5.36. The summed E-state index contributed by atoms with van der Waals surface area (Å²) in [5, 5.41) is 1.91. The average Bonchev–Trinajstić information content (AvgIpc) is 2.40. The van der Waals surface area contributed by atoms with Gasteiger partial charge in [0.2, 0.25) is 0 Å². The summed E-state index contributed by atoms with van der Waals surface area (Å²) >= 11 is 18.0. The van der Waals surface area contributed by atoms with E-state index in [1.165, 1.54) is 5.56 Å². The van der Waals surface area contributed by atoms with Crippen molar-refractivity contribution in [3.05, 3.63) is 63.1 Å². The minimum absolute atomic E-state index is 0.535. The summed E-state index contributed by atoms with van der Waals surface area (Å²) in [6.07, 6.45) is 0. The predicted molar refractivity (Wildman–Crippen MR) is 94.1 cm³/mol. The lowest BCUT2D eigenvalue weighted by Crippen LogP contribution is -2.42. The van der Waals surface area contributed by atoms with Gasteiger partial charge in [-0.2, -0.15) is 0 Å². The third-order valence-electron chi connectivity index (χ3n) is 3.35. The molecule has 0 saturated heterocycles. The van der Waals surface area contributed by atoms with Crippen molar-refractivity contribution < 1.29 is 9.22 Å². The van der Waals surface area contributed by atoms with Gasteiger partial charge in [0.15, 0.2) is 0 Å². The molecule has 5 heteroatoms. The van der Waals surface area contributed by atoms with Gasteiger partial charge in [0, 0.05) is 15.6 Å². The van der Waals surface area contributed by atoms with Crippen LogP contribution in [0.5, 0.6) is 5.75 Å². The zero-order chi connectivity index (χ0) is 16.2. The highest BCUT2D eigenvalue weighted by molar-refractivity contribution is 6.35. The number of nitrogens with zero attached hydrogens (tertiary/aromatic N) is 1. The summed E-state index contributed by atoms with van der Waals surface area (Å²) in [6, 6.07) is 13.2. The summed E-state index contributed by atoms with van der Waals surface area (Å²) in [6.45, 7) is 2.32. The first-order valence-corrected chi connectivity index (χ1v) is 8.13. The van der Waals surface area contributed by atoms with Crippen molar-refractivity contribution in [3.63, 3.8) is 0 Å². The van der Waals surface area contributed by atoms with Gasteiger partial charge in [-0.3, -0.25) is 0 Å². The molecule has 0 spiro atoms. The van der Waals surface area contributed by atoms with Gasteiger partial charge >= 0.3 is 0 Å². The van der Waals surface area contributed by atoms with Crippen molar-refractivity contribution in [1.82, 2.24) is 0 Å². The monoisotopic (exact) mass is 358 g/mol. The number of likely N-dealkylation sites (N-methyl/N-ethyl adjacent to an activating group) is 1. The number of rotatable bonds is 6. The molecule has 0 bridgehead atoms. The van der Waals surface area contributed by atoms with E-state index in [2.05, 4.69) is 20.2 Å². The summed E-state index contributed by atoms with van der Waals surface area (Å²) in [4.78, 5) is 0. The Morgan fingerprint density at radius 2 is 1.68 bits per heavy atom. The van der Waals surface area contributed by atoms with Gasteiger partial charge in [-0.1, -0.05) is 46.9 Å². The van der Waals surface area contributed by atoms with E-state index in [1.807, 2.05) is 18.2 Å². The molecule has 0 fully saturated rings. The Balaban J connectivity index is 1.89. The molecule has 0 aliphatic rings. The molecular formula is C17H19Cl3NO+. The molecule has 2 rings (SSSR count). The molecule has 0 saturated carbocycles. The first kappa shape index (κ1) is 17.4. The van der Waals surface area contributed by atoms with Crippen LogP contribution in [0.1, 0.15) is 5.56 Å². The highest BCUT2D eigenvalue weighted by Crippen LogP contribution is 2.27. The molecule has 0 atom stereocenters. The maximum atomic E-state index is 6.10. The Morgan fingerprint density at radius 1 is 0.955 bits per heavy atom. The molecule has 0 unspecified atom stereocenters. The normalized spacial score (nSPS) is 11.5. The van der Waals surface area contributed by atoms with Gasteiger partial charge in [0.05, 0.1) is 19.1 Å². The van der Waals surface area contributed by atoms with Crippen LogP contribution in [0, 0.1) is 0 Å². The van der Waals surface area contributed by atoms with E-state index in [0.29, 0.717) is 22.4 Å². The smallest absolute Gasteiger partial charge is 0.138 e. The molecule has 0 aliphatic heterocycles. The fraction of sp³-hybridized carbons (Fsp3) is 0.294. The lowest BCUT2D eigenvalue weighted by Gasteiger charge is -2.30. The quantitative estimate of drug-likeness (QED) is 0.636. The molecule has 118 valence electrons. The van der Waals surface area contributed by atoms with Crippen molar-refractivity contribution in [2.24, 2.45) is 0 Å². The zero-order valence-electron chi connectivity index (χ0n) is 12.7. The van der Waals surface area contributed by atoms with Crippen molar-refractivity contribution in [2.75, 3.05) is 27.2 Å². The van der Waals surface area contributed by atoms with Crippen molar-refractivity contribution in [2.45, 2.75) is 6.54 Å². The molecule has 0 aliphatic carbocycles. The van der Waals surface area contributed by atoms with E-state index in [4.69, 9.17) is 39.5 Å². The van der Waals surface area contributed by atoms with Crippen LogP contribution in [0.4, 0.5) is 0 Å². The van der Waals surface area contributed by atoms with Crippen LogP contribution < -0.4 is 4.74 Å². The fourth-order valence-electron chi connectivity index (χ4n) is 2.20. The molecule has 2 nitrogen and oxygen atoms in total. The van der Waals surface area contributed by atoms with Crippen LogP contribution in [0.25, 0.3) is 0 Å². The van der Waals surface area contributed by atoms with Gasteiger partial charge in [0.1, 0.15) is 25.4 Å². The Morgan fingerprint density at radius 3 is 2.36 bits per heavy atom. The van der Waals surface area contributed by atoms with Gasteiger partial charge < -0.3 is 9.22 Å². The first-order chi connectivity index (χ1) is 10.4. The highest BCUT2D eigenvalue weighted by Gasteiger charge is 2.16. The van der Waals surface area contributed by atoms with Crippen LogP contribution >= 0.6 is 34.8 Å². The Bertz CT molecular complexity index is 644. The molecule has 2 aromatic rings. The summed E-state index contributed by atoms with van der Waals surface area (Å²) in [5.74, 6) is 0.661. The first-order valence-electron chi connectivity index (χ1n) is 7.00. The molecule has 0 N–H and O–H groups in total. The fourth-order valence-corrected chi connectivity index (χ4v) is 2.88. The van der Waals surface area contributed by atoms with E-state index in [9.17, 15) is 0 Å². The van der Waals surface area contributed by atoms with E-state index >= 15 is 0 Å². The van der Waals surface area contributed by atoms with Crippen LogP contribution in [0.3, 0.4) is 0 Å². The number of hydrogen-bond donors (Lipinski definition) is 0. The second kappa shape index (κ2) is 7.56.